The van der Waals surface area contributed by atoms with Crippen LogP contribution in [0.2, 0.25) is 0 Å². The highest BCUT2D eigenvalue weighted by atomic mass is 16.5. The Kier molecular flexibility index (Phi) is 6.40. The largest absolute Gasteiger partial charge is 0.378 e. The van der Waals surface area contributed by atoms with Gasteiger partial charge in [0.25, 0.3) is 0 Å². The number of morpholine rings is 1. The first-order valence-electron chi connectivity index (χ1n) is 12.7. The first-order chi connectivity index (χ1) is 17.7. The molecule has 3 heterocycles. The van der Waals surface area contributed by atoms with Crippen LogP contribution in [0, 0.1) is 0 Å². The molecule has 3 aromatic carbocycles. The first kappa shape index (κ1) is 22.8. The van der Waals surface area contributed by atoms with Crippen LogP contribution in [-0.4, -0.2) is 74.4 Å². The summed E-state index contributed by atoms with van der Waals surface area (Å²) in [7, 11) is 2.18. The Morgan fingerprint density at radius 3 is 2.33 bits per heavy atom. The van der Waals surface area contributed by atoms with Crippen LogP contribution in [0.4, 0.5) is 23.0 Å². The molecule has 2 fully saturated rings. The number of benzene rings is 3. The fourth-order valence-corrected chi connectivity index (χ4v) is 5.00. The molecule has 0 saturated carbocycles. The lowest BCUT2D eigenvalue weighted by atomic mass is 10.0. The second-order valence-corrected chi connectivity index (χ2v) is 9.55. The molecule has 0 atom stereocenters. The summed E-state index contributed by atoms with van der Waals surface area (Å²) in [5, 5.41) is 4.47. The van der Waals surface area contributed by atoms with Crippen LogP contribution in [0.3, 0.4) is 0 Å². The minimum atomic E-state index is 0.607. The Balaban J connectivity index is 1.25. The highest BCUT2D eigenvalue weighted by molar-refractivity contribution is 5.94. The molecule has 1 N–H and O–H groups in total. The first-order valence-corrected chi connectivity index (χ1v) is 12.7. The standard InChI is InChI=1S/C29H32N6O/c1-33-12-14-34(15-13-33)26-6-3-5-24(20-26)31-29-30-21-23-4-2-7-27(28(23)32-29)22-8-10-25(11-9-22)35-16-18-36-19-17-35/h2-11,20-21H,12-19H2,1H3,(H,30,31,32). The maximum Gasteiger partial charge on any atom is 0.227 e. The Hall–Kier alpha value is -3.68. The van der Waals surface area contributed by atoms with E-state index >= 15 is 0 Å². The molecule has 2 saturated heterocycles. The second kappa shape index (κ2) is 10.1. The zero-order valence-corrected chi connectivity index (χ0v) is 20.7. The van der Waals surface area contributed by atoms with E-state index in [0.717, 1.165) is 80.2 Å². The number of rotatable bonds is 5. The van der Waals surface area contributed by atoms with Crippen molar-refractivity contribution >= 4 is 33.9 Å². The maximum atomic E-state index is 5.49. The van der Waals surface area contributed by atoms with Crippen LogP contribution < -0.4 is 15.1 Å². The number of hydrogen-bond donors (Lipinski definition) is 1. The minimum absolute atomic E-state index is 0.607. The summed E-state index contributed by atoms with van der Waals surface area (Å²) in [4.78, 5) is 16.7. The van der Waals surface area contributed by atoms with Gasteiger partial charge in [-0.25, -0.2) is 9.97 Å². The molecular weight excluding hydrogens is 448 g/mol. The van der Waals surface area contributed by atoms with Crippen molar-refractivity contribution in [2.24, 2.45) is 0 Å². The van der Waals surface area contributed by atoms with Crippen molar-refractivity contribution < 1.29 is 4.74 Å². The summed E-state index contributed by atoms with van der Waals surface area (Å²) >= 11 is 0. The van der Waals surface area contributed by atoms with Crippen LogP contribution in [0.1, 0.15) is 0 Å². The summed E-state index contributed by atoms with van der Waals surface area (Å²) in [5.74, 6) is 0.607. The van der Waals surface area contributed by atoms with E-state index in [4.69, 9.17) is 9.72 Å². The highest BCUT2D eigenvalue weighted by Crippen LogP contribution is 2.30. The molecule has 7 nitrogen and oxygen atoms in total. The molecule has 0 amide bonds. The molecule has 2 aliphatic rings. The van der Waals surface area contributed by atoms with Gasteiger partial charge in [-0.2, -0.15) is 0 Å². The monoisotopic (exact) mass is 480 g/mol. The van der Waals surface area contributed by atoms with Crippen molar-refractivity contribution in [2.45, 2.75) is 0 Å². The van der Waals surface area contributed by atoms with E-state index in [1.165, 1.54) is 11.4 Å². The van der Waals surface area contributed by atoms with E-state index in [1.807, 2.05) is 6.20 Å². The summed E-state index contributed by atoms with van der Waals surface area (Å²) in [5.41, 5.74) is 6.67. The Morgan fingerprint density at radius 2 is 1.53 bits per heavy atom. The number of nitrogens with one attached hydrogen (secondary N) is 1. The number of aromatic nitrogens is 2. The van der Waals surface area contributed by atoms with Crippen molar-refractivity contribution in [2.75, 3.05) is 74.6 Å². The van der Waals surface area contributed by atoms with E-state index < -0.39 is 0 Å². The Bertz CT molecular complexity index is 1330. The van der Waals surface area contributed by atoms with Gasteiger partial charge in [0.15, 0.2) is 0 Å². The molecule has 36 heavy (non-hydrogen) atoms. The normalized spacial score (nSPS) is 16.9. The number of likely N-dealkylation sites (N-methyl/N-ethyl adjacent to an activating group) is 1. The second-order valence-electron chi connectivity index (χ2n) is 9.55. The molecule has 0 unspecified atom stereocenters. The van der Waals surface area contributed by atoms with Gasteiger partial charge in [-0.3, -0.25) is 0 Å². The average Bonchev–Trinajstić information content (AvgIpc) is 2.94. The summed E-state index contributed by atoms with van der Waals surface area (Å²) in [6.07, 6.45) is 1.90. The molecule has 0 bridgehead atoms. The lowest BCUT2D eigenvalue weighted by Crippen LogP contribution is -2.44. The lowest BCUT2D eigenvalue weighted by Gasteiger charge is -2.34. The highest BCUT2D eigenvalue weighted by Gasteiger charge is 2.15. The molecule has 4 aromatic rings. The van der Waals surface area contributed by atoms with E-state index in [2.05, 4.69) is 98.8 Å². The third-order valence-corrected chi connectivity index (χ3v) is 7.14. The van der Waals surface area contributed by atoms with Gasteiger partial charge in [0.2, 0.25) is 5.95 Å². The van der Waals surface area contributed by atoms with Gasteiger partial charge in [0, 0.05) is 73.5 Å². The number of nitrogens with zero attached hydrogens (tertiary/aromatic N) is 5. The zero-order chi connectivity index (χ0) is 24.3. The van der Waals surface area contributed by atoms with Gasteiger partial charge in [-0.1, -0.05) is 36.4 Å². The Labute approximate surface area is 212 Å². The zero-order valence-electron chi connectivity index (χ0n) is 20.7. The molecule has 6 rings (SSSR count). The summed E-state index contributed by atoms with van der Waals surface area (Å²) in [6, 6.07) is 23.6. The SMILES string of the molecule is CN1CCN(c2cccc(Nc3ncc4cccc(-c5ccc(N6CCOCC6)cc5)c4n3)c2)CC1. The average molecular weight is 481 g/mol. The smallest absolute Gasteiger partial charge is 0.227 e. The van der Waals surface area contributed by atoms with Gasteiger partial charge < -0.3 is 24.8 Å². The number of fused-ring (bicyclic) bond motifs is 1. The molecule has 0 radical (unpaired) electrons. The Morgan fingerprint density at radius 1 is 0.778 bits per heavy atom. The number of ether oxygens (including phenoxy) is 1. The minimum Gasteiger partial charge on any atom is -0.378 e. The predicted octanol–water partition coefficient (Wildman–Crippen LogP) is 4.63. The quantitative estimate of drug-likeness (QED) is 0.447. The van der Waals surface area contributed by atoms with Gasteiger partial charge in [-0.15, -0.1) is 0 Å². The van der Waals surface area contributed by atoms with E-state index in [1.54, 1.807) is 0 Å². The van der Waals surface area contributed by atoms with Crippen LogP contribution in [0.5, 0.6) is 0 Å². The summed E-state index contributed by atoms with van der Waals surface area (Å²) in [6.45, 7) is 7.70. The molecule has 7 heteroatoms. The molecule has 184 valence electrons. The van der Waals surface area contributed by atoms with E-state index in [0.29, 0.717) is 5.95 Å². The van der Waals surface area contributed by atoms with Crippen molar-refractivity contribution in [3.63, 3.8) is 0 Å². The maximum absolute atomic E-state index is 5.49. The van der Waals surface area contributed by atoms with Crippen LogP contribution in [-0.2, 0) is 4.74 Å². The van der Waals surface area contributed by atoms with E-state index in [9.17, 15) is 0 Å². The topological polar surface area (TPSA) is 56.8 Å². The molecule has 0 spiro atoms. The molecular formula is C29H32N6O. The molecule has 2 aliphatic heterocycles. The summed E-state index contributed by atoms with van der Waals surface area (Å²) < 4.78 is 5.49. The van der Waals surface area contributed by atoms with Crippen molar-refractivity contribution in [3.8, 4) is 11.1 Å². The molecule has 1 aromatic heterocycles. The van der Waals surface area contributed by atoms with Crippen LogP contribution in [0.25, 0.3) is 22.0 Å². The number of piperazine rings is 1. The predicted molar refractivity (Wildman–Crippen MR) is 147 cm³/mol. The third kappa shape index (κ3) is 4.85. The van der Waals surface area contributed by atoms with Crippen LogP contribution >= 0.6 is 0 Å². The lowest BCUT2D eigenvalue weighted by molar-refractivity contribution is 0.122. The van der Waals surface area contributed by atoms with E-state index in [-0.39, 0.29) is 0 Å². The van der Waals surface area contributed by atoms with Gasteiger partial charge in [0.1, 0.15) is 0 Å². The fraction of sp³-hybridized carbons (Fsp3) is 0.310. The number of anilines is 4. The number of hydrogen-bond acceptors (Lipinski definition) is 7. The fourth-order valence-electron chi connectivity index (χ4n) is 5.00. The molecule has 0 aliphatic carbocycles. The number of para-hydroxylation sites is 1. The van der Waals surface area contributed by atoms with Crippen molar-refractivity contribution in [1.82, 2.24) is 14.9 Å². The van der Waals surface area contributed by atoms with Gasteiger partial charge >= 0.3 is 0 Å². The van der Waals surface area contributed by atoms with Gasteiger partial charge in [-0.05, 0) is 42.9 Å². The van der Waals surface area contributed by atoms with Gasteiger partial charge in [0.05, 0.1) is 18.7 Å². The van der Waals surface area contributed by atoms with Crippen molar-refractivity contribution in [3.05, 3.63) is 72.9 Å². The third-order valence-electron chi connectivity index (χ3n) is 7.14. The van der Waals surface area contributed by atoms with Crippen LogP contribution in [0.15, 0.2) is 72.9 Å². The van der Waals surface area contributed by atoms with Crippen molar-refractivity contribution in [1.29, 1.82) is 0 Å².